The van der Waals surface area contributed by atoms with Crippen LogP contribution in [-0.4, -0.2) is 17.6 Å². The minimum atomic E-state index is -0.443. The van der Waals surface area contributed by atoms with Crippen LogP contribution in [0.2, 0.25) is 0 Å². The molecule has 0 bridgehead atoms. The Morgan fingerprint density at radius 3 is 2.71 bits per heavy atom. The van der Waals surface area contributed by atoms with E-state index in [0.29, 0.717) is 6.54 Å². The van der Waals surface area contributed by atoms with Crippen LogP contribution < -0.4 is 15.5 Å². The average Bonchev–Trinajstić information content (AvgIpc) is 2.52. The van der Waals surface area contributed by atoms with Gasteiger partial charge in [-0.15, -0.1) is 0 Å². The normalized spacial score (nSPS) is 10.1. The van der Waals surface area contributed by atoms with E-state index in [4.69, 9.17) is 14.3 Å². The van der Waals surface area contributed by atoms with Crippen LogP contribution in [0.25, 0.3) is 0 Å². The summed E-state index contributed by atoms with van der Waals surface area (Å²) in [5, 5.41) is 11.5. The van der Waals surface area contributed by atoms with E-state index in [0.717, 1.165) is 17.9 Å². The van der Waals surface area contributed by atoms with Crippen molar-refractivity contribution < 1.29 is 19.1 Å². The quantitative estimate of drug-likeness (QED) is 0.822. The first-order valence-electron chi connectivity index (χ1n) is 6.35. The Balaban J connectivity index is 1.83. The number of rotatable bonds is 6. The average molecular weight is 289 g/mol. The molecule has 0 saturated carbocycles. The molecule has 2 rings (SSSR count). The van der Waals surface area contributed by atoms with Crippen molar-refractivity contribution in [1.29, 1.82) is 0 Å². The predicted molar refractivity (Wildman–Crippen MR) is 74.7 cm³/mol. The Kier molecular flexibility index (Phi) is 5.11. The number of hydrogen-bond acceptors (Lipinski definition) is 5. The van der Waals surface area contributed by atoms with Gasteiger partial charge in [-0.2, -0.15) is 0 Å². The number of hydrogen-bond donors (Lipinski definition) is 2. The van der Waals surface area contributed by atoms with Crippen LogP contribution in [0.15, 0.2) is 51.9 Å². The zero-order valence-corrected chi connectivity index (χ0v) is 11.2. The highest BCUT2D eigenvalue weighted by Gasteiger charge is 2.07. The number of ether oxygens (including phenoxy) is 1. The Labute approximate surface area is 121 Å². The molecule has 0 aliphatic rings. The largest absolute Gasteiger partial charge is 0.477 e. The Morgan fingerprint density at radius 1 is 1.29 bits per heavy atom. The predicted octanol–water partition coefficient (Wildman–Crippen LogP) is 0.827. The molecule has 1 aromatic heterocycles. The maximum Gasteiger partial charge on any atom is 0.258 e. The lowest BCUT2D eigenvalue weighted by Crippen LogP contribution is -2.29. The minimum absolute atomic E-state index is 0.0675. The van der Waals surface area contributed by atoms with E-state index >= 15 is 0 Å². The fourth-order valence-corrected chi connectivity index (χ4v) is 1.62. The van der Waals surface area contributed by atoms with E-state index in [9.17, 15) is 9.59 Å². The second-order valence-corrected chi connectivity index (χ2v) is 4.28. The zero-order valence-electron chi connectivity index (χ0n) is 11.2. The Hall–Kier alpha value is -2.60. The second kappa shape index (κ2) is 7.25. The standard InChI is InChI=1S/C15H15NO5/c17-8-12-6-13(18)14(9-20-12)21-10-15(19)16-7-11-4-2-1-3-5-11/h1-6,9,17H,7-8,10H2,(H,16,19). The van der Waals surface area contributed by atoms with Crippen molar-refractivity contribution in [3.05, 3.63) is 64.2 Å². The lowest BCUT2D eigenvalue weighted by molar-refractivity contribution is -0.123. The topological polar surface area (TPSA) is 88.8 Å². The van der Waals surface area contributed by atoms with Crippen molar-refractivity contribution in [1.82, 2.24) is 5.32 Å². The molecule has 0 fully saturated rings. The van der Waals surface area contributed by atoms with Crippen molar-refractivity contribution in [3.63, 3.8) is 0 Å². The fourth-order valence-electron chi connectivity index (χ4n) is 1.62. The number of carbonyl (C=O) groups excluding carboxylic acids is 1. The molecule has 21 heavy (non-hydrogen) atoms. The van der Waals surface area contributed by atoms with Crippen molar-refractivity contribution in [2.75, 3.05) is 6.61 Å². The van der Waals surface area contributed by atoms with Crippen molar-refractivity contribution >= 4 is 5.91 Å². The van der Waals surface area contributed by atoms with Gasteiger partial charge in [0.25, 0.3) is 5.91 Å². The molecule has 1 amide bonds. The number of amides is 1. The molecule has 2 aromatic rings. The number of carbonyl (C=O) groups is 1. The Bertz CT molecular complexity index is 651. The Morgan fingerprint density at radius 2 is 2.05 bits per heavy atom. The summed E-state index contributed by atoms with van der Waals surface area (Å²) in [4.78, 5) is 23.2. The van der Waals surface area contributed by atoms with Gasteiger partial charge in [0, 0.05) is 12.6 Å². The maximum atomic E-state index is 11.6. The summed E-state index contributed by atoms with van der Waals surface area (Å²) in [6.07, 6.45) is 1.08. The van der Waals surface area contributed by atoms with Gasteiger partial charge in [0.1, 0.15) is 18.6 Å². The molecular weight excluding hydrogens is 274 g/mol. The zero-order chi connectivity index (χ0) is 15.1. The molecule has 6 heteroatoms. The van der Waals surface area contributed by atoms with Crippen LogP contribution in [0.3, 0.4) is 0 Å². The third kappa shape index (κ3) is 4.47. The van der Waals surface area contributed by atoms with Crippen LogP contribution >= 0.6 is 0 Å². The van der Waals surface area contributed by atoms with E-state index in [-0.39, 0.29) is 30.6 Å². The summed E-state index contributed by atoms with van der Waals surface area (Å²) in [6, 6.07) is 10.6. The summed E-state index contributed by atoms with van der Waals surface area (Å²) in [6.45, 7) is -0.260. The monoisotopic (exact) mass is 289 g/mol. The van der Waals surface area contributed by atoms with Crippen molar-refractivity contribution in [2.24, 2.45) is 0 Å². The first-order chi connectivity index (χ1) is 10.2. The third-order valence-corrected chi connectivity index (χ3v) is 2.70. The molecule has 0 radical (unpaired) electrons. The number of nitrogens with one attached hydrogen (secondary N) is 1. The molecule has 0 saturated heterocycles. The SMILES string of the molecule is O=C(COc1coc(CO)cc1=O)NCc1ccccc1. The van der Waals surface area contributed by atoms with Crippen LogP contribution in [-0.2, 0) is 17.9 Å². The highest BCUT2D eigenvalue weighted by Crippen LogP contribution is 2.05. The highest BCUT2D eigenvalue weighted by molar-refractivity contribution is 5.77. The van der Waals surface area contributed by atoms with Crippen LogP contribution in [0.4, 0.5) is 0 Å². The van der Waals surface area contributed by atoms with Crippen LogP contribution in [0, 0.1) is 0 Å². The van der Waals surface area contributed by atoms with Gasteiger partial charge >= 0.3 is 0 Å². The van der Waals surface area contributed by atoms with Crippen molar-refractivity contribution in [2.45, 2.75) is 13.2 Å². The van der Waals surface area contributed by atoms with Crippen molar-refractivity contribution in [3.8, 4) is 5.75 Å². The first kappa shape index (κ1) is 14.8. The number of aliphatic hydroxyl groups excluding tert-OH is 1. The third-order valence-electron chi connectivity index (χ3n) is 2.70. The molecule has 2 N–H and O–H groups in total. The highest BCUT2D eigenvalue weighted by atomic mass is 16.5. The molecule has 110 valence electrons. The van der Waals surface area contributed by atoms with E-state index in [1.807, 2.05) is 30.3 Å². The summed E-state index contributed by atoms with van der Waals surface area (Å²) >= 11 is 0. The summed E-state index contributed by atoms with van der Waals surface area (Å²) < 4.78 is 10.0. The molecule has 0 spiro atoms. The van der Waals surface area contributed by atoms with Gasteiger partial charge in [0.05, 0.1) is 0 Å². The minimum Gasteiger partial charge on any atom is -0.477 e. The summed E-state index contributed by atoms with van der Waals surface area (Å²) in [5.41, 5.74) is 0.527. The van der Waals surface area contributed by atoms with Gasteiger partial charge < -0.3 is 19.6 Å². The smallest absolute Gasteiger partial charge is 0.258 e. The summed E-state index contributed by atoms with van der Waals surface area (Å²) in [7, 11) is 0. The van der Waals surface area contributed by atoms with Gasteiger partial charge in [-0.25, -0.2) is 0 Å². The second-order valence-electron chi connectivity index (χ2n) is 4.28. The van der Waals surface area contributed by atoms with E-state index < -0.39 is 5.43 Å². The number of aliphatic hydroxyl groups is 1. The van der Waals surface area contributed by atoms with Gasteiger partial charge in [-0.05, 0) is 5.56 Å². The van der Waals surface area contributed by atoms with Gasteiger partial charge in [-0.1, -0.05) is 30.3 Å². The van der Waals surface area contributed by atoms with Gasteiger partial charge in [-0.3, -0.25) is 9.59 Å². The molecule has 6 nitrogen and oxygen atoms in total. The van der Waals surface area contributed by atoms with Crippen LogP contribution in [0.5, 0.6) is 5.75 Å². The molecule has 0 atom stereocenters. The van der Waals surface area contributed by atoms with Gasteiger partial charge in [0.15, 0.2) is 6.61 Å². The van der Waals surface area contributed by atoms with E-state index in [1.54, 1.807) is 0 Å². The lowest BCUT2D eigenvalue weighted by atomic mass is 10.2. The van der Waals surface area contributed by atoms with Gasteiger partial charge in [0.2, 0.25) is 11.2 Å². The maximum absolute atomic E-state index is 11.6. The molecule has 0 aliphatic heterocycles. The van der Waals surface area contributed by atoms with E-state index in [2.05, 4.69) is 5.32 Å². The number of benzene rings is 1. The van der Waals surface area contributed by atoms with Crippen LogP contribution in [0.1, 0.15) is 11.3 Å². The molecular formula is C15H15NO5. The summed E-state index contributed by atoms with van der Waals surface area (Å²) in [5.74, 6) is -0.271. The lowest BCUT2D eigenvalue weighted by Gasteiger charge is -2.07. The first-order valence-corrected chi connectivity index (χ1v) is 6.35. The fraction of sp³-hybridized carbons (Fsp3) is 0.200. The molecule has 0 aliphatic carbocycles. The molecule has 0 unspecified atom stereocenters. The molecule has 1 heterocycles. The molecule has 1 aromatic carbocycles. The van der Waals surface area contributed by atoms with E-state index in [1.165, 1.54) is 0 Å².